The molecule has 0 atom stereocenters. The van der Waals surface area contributed by atoms with Crippen LogP contribution in [-0.4, -0.2) is 9.78 Å². The standard InChI is InChI=1S/C17H12FN3/c18-15-6-8-16(9-7-15)21-12-14(10-11-19)17(20-21)13-4-2-1-3-5-13/h1-9,12H,10H2. The number of hydrogen-bond acceptors (Lipinski definition) is 2. The highest BCUT2D eigenvalue weighted by atomic mass is 19.1. The van der Waals surface area contributed by atoms with Crippen molar-refractivity contribution >= 4 is 0 Å². The first-order valence-corrected chi connectivity index (χ1v) is 6.55. The highest BCUT2D eigenvalue weighted by molar-refractivity contribution is 5.63. The van der Waals surface area contributed by atoms with E-state index in [0.29, 0.717) is 0 Å². The molecular formula is C17H12FN3. The van der Waals surface area contributed by atoms with E-state index in [9.17, 15) is 4.39 Å². The molecule has 0 aliphatic carbocycles. The molecule has 2 aromatic carbocycles. The molecule has 1 aromatic heterocycles. The lowest BCUT2D eigenvalue weighted by Gasteiger charge is -2.00. The lowest BCUT2D eigenvalue weighted by Crippen LogP contribution is -1.94. The smallest absolute Gasteiger partial charge is 0.123 e. The van der Waals surface area contributed by atoms with Crippen LogP contribution in [0.15, 0.2) is 60.8 Å². The number of halogens is 1. The molecule has 0 saturated heterocycles. The quantitative estimate of drug-likeness (QED) is 0.731. The minimum Gasteiger partial charge on any atom is -0.240 e. The average Bonchev–Trinajstić information content (AvgIpc) is 2.93. The van der Waals surface area contributed by atoms with Crippen LogP contribution < -0.4 is 0 Å². The maximum Gasteiger partial charge on any atom is 0.123 e. The van der Waals surface area contributed by atoms with Crippen LogP contribution in [0.2, 0.25) is 0 Å². The Labute approximate surface area is 121 Å². The molecule has 21 heavy (non-hydrogen) atoms. The van der Waals surface area contributed by atoms with Gasteiger partial charge in [0.1, 0.15) is 5.82 Å². The molecular weight excluding hydrogens is 265 g/mol. The van der Waals surface area contributed by atoms with E-state index in [-0.39, 0.29) is 12.2 Å². The Morgan fingerprint density at radius 2 is 1.76 bits per heavy atom. The van der Waals surface area contributed by atoms with Gasteiger partial charge in [0.2, 0.25) is 0 Å². The van der Waals surface area contributed by atoms with Gasteiger partial charge in [0.15, 0.2) is 0 Å². The van der Waals surface area contributed by atoms with Crippen LogP contribution in [0.25, 0.3) is 16.9 Å². The third-order valence-corrected chi connectivity index (χ3v) is 3.20. The summed E-state index contributed by atoms with van der Waals surface area (Å²) in [6.45, 7) is 0. The van der Waals surface area contributed by atoms with Gasteiger partial charge in [0, 0.05) is 17.3 Å². The van der Waals surface area contributed by atoms with Crippen molar-refractivity contribution in [3.63, 3.8) is 0 Å². The highest BCUT2D eigenvalue weighted by Gasteiger charge is 2.11. The van der Waals surface area contributed by atoms with E-state index >= 15 is 0 Å². The first kappa shape index (κ1) is 13.1. The third kappa shape index (κ3) is 2.67. The number of hydrogen-bond donors (Lipinski definition) is 0. The molecule has 0 amide bonds. The summed E-state index contributed by atoms with van der Waals surface area (Å²) in [6.07, 6.45) is 2.10. The number of nitrogens with zero attached hydrogens (tertiary/aromatic N) is 3. The van der Waals surface area contributed by atoms with Crippen molar-refractivity contribution in [1.82, 2.24) is 9.78 Å². The number of benzene rings is 2. The summed E-state index contributed by atoms with van der Waals surface area (Å²) in [5, 5.41) is 13.5. The number of aromatic nitrogens is 2. The SMILES string of the molecule is N#CCc1cn(-c2ccc(F)cc2)nc1-c1ccccc1. The Morgan fingerprint density at radius 3 is 2.43 bits per heavy atom. The number of nitriles is 1. The molecule has 0 unspecified atom stereocenters. The van der Waals surface area contributed by atoms with Crippen LogP contribution in [-0.2, 0) is 6.42 Å². The van der Waals surface area contributed by atoms with Gasteiger partial charge in [-0.25, -0.2) is 9.07 Å². The third-order valence-electron chi connectivity index (χ3n) is 3.20. The topological polar surface area (TPSA) is 41.6 Å². The molecule has 3 aromatic rings. The van der Waals surface area contributed by atoms with Crippen LogP contribution in [0.5, 0.6) is 0 Å². The van der Waals surface area contributed by atoms with Crippen LogP contribution in [0.4, 0.5) is 4.39 Å². The van der Waals surface area contributed by atoms with E-state index in [2.05, 4.69) is 11.2 Å². The lowest BCUT2D eigenvalue weighted by atomic mass is 10.1. The molecule has 102 valence electrons. The highest BCUT2D eigenvalue weighted by Crippen LogP contribution is 2.23. The summed E-state index contributed by atoms with van der Waals surface area (Å²) in [6, 6.07) is 18.0. The van der Waals surface area contributed by atoms with Crippen LogP contribution in [0, 0.1) is 17.1 Å². The normalized spacial score (nSPS) is 10.3. The van der Waals surface area contributed by atoms with Gasteiger partial charge < -0.3 is 0 Å². The van der Waals surface area contributed by atoms with Crippen LogP contribution in [0.3, 0.4) is 0 Å². The molecule has 3 rings (SSSR count). The molecule has 0 aliphatic rings. The van der Waals surface area contributed by atoms with Crippen molar-refractivity contribution in [3.8, 4) is 23.0 Å². The zero-order valence-corrected chi connectivity index (χ0v) is 11.2. The Bertz CT molecular complexity index is 783. The van der Waals surface area contributed by atoms with Crippen molar-refractivity contribution in [2.24, 2.45) is 0 Å². The molecule has 0 N–H and O–H groups in total. The zero-order chi connectivity index (χ0) is 14.7. The summed E-state index contributed by atoms with van der Waals surface area (Å²) in [7, 11) is 0. The summed E-state index contributed by atoms with van der Waals surface area (Å²) in [5.74, 6) is -0.286. The minimum atomic E-state index is -0.286. The van der Waals surface area contributed by atoms with Gasteiger partial charge >= 0.3 is 0 Å². The van der Waals surface area contributed by atoms with Gasteiger partial charge in [0.25, 0.3) is 0 Å². The zero-order valence-electron chi connectivity index (χ0n) is 11.2. The molecule has 3 nitrogen and oxygen atoms in total. The molecule has 0 bridgehead atoms. The van der Waals surface area contributed by atoms with E-state index in [4.69, 9.17) is 5.26 Å². The maximum atomic E-state index is 13.0. The summed E-state index contributed by atoms with van der Waals surface area (Å²) < 4.78 is 14.7. The van der Waals surface area contributed by atoms with Crippen molar-refractivity contribution in [3.05, 3.63) is 72.2 Å². The fourth-order valence-electron chi connectivity index (χ4n) is 2.19. The Balaban J connectivity index is 2.09. The van der Waals surface area contributed by atoms with Gasteiger partial charge in [-0.05, 0) is 24.3 Å². The second kappa shape index (κ2) is 5.59. The monoisotopic (exact) mass is 277 g/mol. The second-order valence-corrected chi connectivity index (χ2v) is 4.62. The van der Waals surface area contributed by atoms with E-state index in [0.717, 1.165) is 22.5 Å². The first-order valence-electron chi connectivity index (χ1n) is 6.55. The fourth-order valence-corrected chi connectivity index (χ4v) is 2.19. The molecule has 0 saturated carbocycles. The van der Waals surface area contributed by atoms with Crippen molar-refractivity contribution in [2.45, 2.75) is 6.42 Å². The van der Waals surface area contributed by atoms with Gasteiger partial charge in [-0.1, -0.05) is 30.3 Å². The summed E-state index contributed by atoms with van der Waals surface area (Å²) in [5.41, 5.74) is 3.36. The van der Waals surface area contributed by atoms with Crippen LogP contribution >= 0.6 is 0 Å². The van der Waals surface area contributed by atoms with E-state index in [1.807, 2.05) is 36.5 Å². The Kier molecular flexibility index (Phi) is 3.48. The average molecular weight is 277 g/mol. The lowest BCUT2D eigenvalue weighted by molar-refractivity contribution is 0.627. The van der Waals surface area contributed by atoms with Gasteiger partial charge in [-0.2, -0.15) is 10.4 Å². The summed E-state index contributed by atoms with van der Waals surface area (Å²) >= 11 is 0. The maximum absolute atomic E-state index is 13.0. The first-order chi connectivity index (χ1) is 10.3. The molecule has 4 heteroatoms. The fraction of sp³-hybridized carbons (Fsp3) is 0.0588. The van der Waals surface area contributed by atoms with Crippen LogP contribution in [0.1, 0.15) is 5.56 Å². The number of rotatable bonds is 3. The van der Waals surface area contributed by atoms with E-state index < -0.39 is 0 Å². The molecule has 0 radical (unpaired) electrons. The van der Waals surface area contributed by atoms with Gasteiger partial charge in [0.05, 0.1) is 23.9 Å². The van der Waals surface area contributed by atoms with Crippen molar-refractivity contribution in [2.75, 3.05) is 0 Å². The van der Waals surface area contributed by atoms with Gasteiger partial charge in [-0.15, -0.1) is 0 Å². The molecule has 0 fully saturated rings. The Morgan fingerprint density at radius 1 is 1.05 bits per heavy atom. The molecule has 0 aliphatic heterocycles. The van der Waals surface area contributed by atoms with E-state index in [1.165, 1.54) is 12.1 Å². The minimum absolute atomic E-state index is 0.283. The van der Waals surface area contributed by atoms with Crippen molar-refractivity contribution < 1.29 is 4.39 Å². The molecule has 1 heterocycles. The van der Waals surface area contributed by atoms with Crippen molar-refractivity contribution in [1.29, 1.82) is 5.26 Å². The largest absolute Gasteiger partial charge is 0.240 e. The Hall–Kier alpha value is -2.93. The predicted molar refractivity (Wildman–Crippen MR) is 78.3 cm³/mol. The van der Waals surface area contributed by atoms with Gasteiger partial charge in [-0.3, -0.25) is 0 Å². The summed E-state index contributed by atoms with van der Waals surface area (Å²) in [4.78, 5) is 0. The predicted octanol–water partition coefficient (Wildman–Crippen LogP) is 3.74. The second-order valence-electron chi connectivity index (χ2n) is 4.62. The van der Waals surface area contributed by atoms with E-state index in [1.54, 1.807) is 16.8 Å². The molecule has 0 spiro atoms.